The largest absolute Gasteiger partial charge is 0.383 e. The Morgan fingerprint density at radius 3 is 2.60 bits per heavy atom. The lowest BCUT2D eigenvalue weighted by molar-refractivity contribution is 0.0935. The molecule has 8 heteroatoms. The van der Waals surface area contributed by atoms with E-state index in [4.69, 9.17) is 9.84 Å². The van der Waals surface area contributed by atoms with Gasteiger partial charge < -0.3 is 10.1 Å². The molecule has 0 spiro atoms. The fourth-order valence-corrected chi connectivity index (χ4v) is 5.10. The molecule has 1 atom stereocenters. The normalized spacial score (nSPS) is 12.0. The summed E-state index contributed by atoms with van der Waals surface area (Å²) in [6, 6.07) is 12.4. The Bertz CT molecular complexity index is 1450. The van der Waals surface area contributed by atoms with Crippen molar-refractivity contribution < 1.29 is 18.7 Å². The maximum absolute atomic E-state index is 13.5. The van der Waals surface area contributed by atoms with Crippen LogP contribution in [-0.4, -0.2) is 46.7 Å². The lowest BCUT2D eigenvalue weighted by Crippen LogP contribution is -2.27. The zero-order chi connectivity index (χ0) is 28.5. The van der Waals surface area contributed by atoms with Crippen molar-refractivity contribution in [2.75, 3.05) is 20.3 Å². The number of nitrogens with zero attached hydrogens (tertiary/aromatic N) is 3. The van der Waals surface area contributed by atoms with E-state index in [1.54, 1.807) is 25.4 Å². The van der Waals surface area contributed by atoms with Crippen molar-refractivity contribution >= 4 is 22.6 Å². The molecule has 0 saturated carbocycles. The van der Waals surface area contributed by atoms with Crippen LogP contribution in [0.25, 0.3) is 22.0 Å². The molecule has 1 amide bonds. The number of nitrogens with one attached hydrogen (secondary N) is 1. The number of ketones is 1. The van der Waals surface area contributed by atoms with Crippen LogP contribution in [-0.2, 0) is 11.3 Å². The molecular formula is C32H37FN4O3. The number of hydrogen-bond acceptors (Lipinski definition) is 5. The van der Waals surface area contributed by atoms with Gasteiger partial charge in [-0.1, -0.05) is 37.6 Å². The predicted octanol–water partition coefficient (Wildman–Crippen LogP) is 6.39. The number of carbonyl (C=O) groups is 2. The summed E-state index contributed by atoms with van der Waals surface area (Å²) in [6.07, 6.45) is 9.11. The van der Waals surface area contributed by atoms with Gasteiger partial charge in [0.1, 0.15) is 5.82 Å². The minimum Gasteiger partial charge on any atom is -0.383 e. The maximum Gasteiger partial charge on any atom is 0.251 e. The van der Waals surface area contributed by atoms with Crippen LogP contribution in [0.2, 0.25) is 0 Å². The number of methoxy groups -OCH3 is 1. The third kappa shape index (κ3) is 7.39. The number of carbonyl (C=O) groups excluding carboxylic acids is 2. The van der Waals surface area contributed by atoms with Crippen molar-refractivity contribution in [1.29, 1.82) is 0 Å². The lowest BCUT2D eigenvalue weighted by Gasteiger charge is -2.16. The number of rotatable bonds is 14. The predicted molar refractivity (Wildman–Crippen MR) is 155 cm³/mol. The standard InChI is InChI=1S/C32H37FN4O3/c1-4-6-23(7-5-8-31(38)25-11-9-24(10-12-25)26-17-27(33)19-34-18-26)20-37-21-29-22(2)28(13-14-30(29)36-37)32(39)35-15-16-40-3/h9-14,17-19,21,23H,4-8,15-16,20H2,1-3H3,(H,35,39). The lowest BCUT2D eigenvalue weighted by atomic mass is 9.94. The molecule has 7 nitrogen and oxygen atoms in total. The Balaban J connectivity index is 1.34. The van der Waals surface area contributed by atoms with Crippen molar-refractivity contribution in [3.8, 4) is 11.1 Å². The molecule has 0 bridgehead atoms. The van der Waals surface area contributed by atoms with Gasteiger partial charge in [-0.15, -0.1) is 0 Å². The first-order valence-electron chi connectivity index (χ1n) is 13.9. The van der Waals surface area contributed by atoms with E-state index in [1.165, 1.54) is 12.3 Å². The van der Waals surface area contributed by atoms with E-state index in [9.17, 15) is 14.0 Å². The highest BCUT2D eigenvalue weighted by Crippen LogP contribution is 2.25. The Morgan fingerprint density at radius 2 is 1.88 bits per heavy atom. The molecule has 1 unspecified atom stereocenters. The molecule has 0 saturated heterocycles. The van der Waals surface area contributed by atoms with Crippen LogP contribution in [0, 0.1) is 18.7 Å². The first-order valence-corrected chi connectivity index (χ1v) is 13.9. The number of halogens is 1. The summed E-state index contributed by atoms with van der Waals surface area (Å²) in [4.78, 5) is 29.3. The van der Waals surface area contributed by atoms with Crippen LogP contribution >= 0.6 is 0 Å². The molecule has 40 heavy (non-hydrogen) atoms. The van der Waals surface area contributed by atoms with Crippen molar-refractivity contribution in [1.82, 2.24) is 20.1 Å². The highest BCUT2D eigenvalue weighted by Gasteiger charge is 2.16. The average Bonchev–Trinajstić information content (AvgIpc) is 3.37. The summed E-state index contributed by atoms with van der Waals surface area (Å²) in [5.41, 5.74) is 4.60. The van der Waals surface area contributed by atoms with Gasteiger partial charge in [0, 0.05) is 61.1 Å². The molecule has 0 aliphatic heterocycles. The molecule has 210 valence electrons. The van der Waals surface area contributed by atoms with Gasteiger partial charge in [0.15, 0.2) is 5.78 Å². The Hall–Kier alpha value is -3.91. The number of pyridine rings is 1. The van der Waals surface area contributed by atoms with E-state index in [0.29, 0.717) is 42.2 Å². The first-order chi connectivity index (χ1) is 19.4. The quantitative estimate of drug-likeness (QED) is 0.147. The van der Waals surface area contributed by atoms with Crippen molar-refractivity contribution in [3.05, 3.63) is 83.6 Å². The third-order valence-corrected chi connectivity index (χ3v) is 7.25. The SMILES string of the molecule is CCCC(CCCC(=O)c1ccc(-c2cncc(F)c2)cc1)Cn1cc2c(C)c(C(=O)NCCOC)ccc2n1. The zero-order valence-electron chi connectivity index (χ0n) is 23.5. The molecule has 0 fully saturated rings. The Morgan fingerprint density at radius 1 is 1.07 bits per heavy atom. The summed E-state index contributed by atoms with van der Waals surface area (Å²) >= 11 is 0. The second-order valence-corrected chi connectivity index (χ2v) is 10.2. The molecule has 0 aliphatic carbocycles. The van der Waals surface area contributed by atoms with E-state index in [2.05, 4.69) is 17.2 Å². The van der Waals surface area contributed by atoms with E-state index in [-0.39, 0.29) is 17.5 Å². The number of amides is 1. The highest BCUT2D eigenvalue weighted by molar-refractivity contribution is 6.00. The average molecular weight is 545 g/mol. The van der Waals surface area contributed by atoms with E-state index in [0.717, 1.165) is 54.3 Å². The minimum absolute atomic E-state index is 0.107. The molecule has 1 N–H and O–H groups in total. The van der Waals surface area contributed by atoms with Gasteiger partial charge in [-0.05, 0) is 61.4 Å². The number of benzene rings is 2. The Labute approximate surface area is 234 Å². The van der Waals surface area contributed by atoms with Gasteiger partial charge in [0.2, 0.25) is 0 Å². The molecule has 0 radical (unpaired) electrons. The highest BCUT2D eigenvalue weighted by atomic mass is 19.1. The van der Waals surface area contributed by atoms with Crippen LogP contribution in [0.1, 0.15) is 65.3 Å². The first kappa shape index (κ1) is 29.1. The van der Waals surface area contributed by atoms with Gasteiger partial charge in [-0.3, -0.25) is 19.3 Å². The molecule has 2 aromatic carbocycles. The summed E-state index contributed by atoms with van der Waals surface area (Å²) in [6.45, 7) is 5.82. The van der Waals surface area contributed by atoms with Crippen molar-refractivity contribution in [2.24, 2.45) is 5.92 Å². The van der Waals surface area contributed by atoms with Crippen LogP contribution in [0.15, 0.2) is 61.1 Å². The number of ether oxygens (including phenoxy) is 1. The molecule has 4 rings (SSSR count). The van der Waals surface area contributed by atoms with Gasteiger partial charge in [0.25, 0.3) is 5.91 Å². The fraction of sp³-hybridized carbons (Fsp3) is 0.375. The molecule has 4 aromatic rings. The van der Waals surface area contributed by atoms with E-state index < -0.39 is 0 Å². The van der Waals surface area contributed by atoms with E-state index >= 15 is 0 Å². The number of fused-ring (bicyclic) bond motifs is 1. The van der Waals surface area contributed by atoms with Crippen LogP contribution in [0.4, 0.5) is 4.39 Å². The van der Waals surface area contributed by atoms with Crippen LogP contribution in [0.3, 0.4) is 0 Å². The number of aromatic nitrogens is 3. The maximum atomic E-state index is 13.5. The third-order valence-electron chi connectivity index (χ3n) is 7.25. The summed E-state index contributed by atoms with van der Waals surface area (Å²) in [5.74, 6) is 0.00449. The smallest absolute Gasteiger partial charge is 0.251 e. The van der Waals surface area contributed by atoms with Crippen molar-refractivity contribution in [2.45, 2.75) is 52.5 Å². The second kappa shape index (κ2) is 13.9. The van der Waals surface area contributed by atoms with Crippen molar-refractivity contribution in [3.63, 3.8) is 0 Å². The summed E-state index contributed by atoms with van der Waals surface area (Å²) in [5, 5.41) is 8.63. The monoisotopic (exact) mass is 544 g/mol. The van der Waals surface area contributed by atoms with Gasteiger partial charge in [-0.25, -0.2) is 4.39 Å². The molecule has 2 heterocycles. The molecule has 2 aromatic heterocycles. The zero-order valence-corrected chi connectivity index (χ0v) is 23.5. The van der Waals surface area contributed by atoms with Gasteiger partial charge >= 0.3 is 0 Å². The minimum atomic E-state index is -0.386. The molecule has 0 aliphatic rings. The summed E-state index contributed by atoms with van der Waals surface area (Å²) in [7, 11) is 1.61. The van der Waals surface area contributed by atoms with Gasteiger partial charge in [-0.2, -0.15) is 5.10 Å². The number of hydrogen-bond donors (Lipinski definition) is 1. The van der Waals surface area contributed by atoms with Crippen LogP contribution in [0.5, 0.6) is 0 Å². The molecular weight excluding hydrogens is 507 g/mol. The topological polar surface area (TPSA) is 86.1 Å². The second-order valence-electron chi connectivity index (χ2n) is 10.2. The Kier molecular flexibility index (Phi) is 10.1. The summed E-state index contributed by atoms with van der Waals surface area (Å²) < 4.78 is 20.5. The number of aryl methyl sites for hydroxylation is 1. The van der Waals surface area contributed by atoms with Crippen LogP contribution < -0.4 is 5.32 Å². The van der Waals surface area contributed by atoms with Gasteiger partial charge in [0.05, 0.1) is 18.3 Å². The number of Topliss-reactive ketones (excluding diaryl/α,β-unsaturated/α-hetero) is 1. The fourth-order valence-electron chi connectivity index (χ4n) is 5.10. The van der Waals surface area contributed by atoms with E-state index in [1.807, 2.05) is 42.1 Å².